The Balaban J connectivity index is 1.61. The number of alkyl halides is 3. The highest BCUT2D eigenvalue weighted by atomic mass is 19.4. The van der Waals surface area contributed by atoms with Gasteiger partial charge >= 0.3 is 6.18 Å². The number of likely N-dealkylation sites (tertiary alicyclic amines) is 1. The summed E-state index contributed by atoms with van der Waals surface area (Å²) in [6.45, 7) is 3.45. The van der Waals surface area contributed by atoms with Crippen LogP contribution in [0.4, 0.5) is 19.0 Å². The Morgan fingerprint density at radius 2 is 1.97 bits per heavy atom. The van der Waals surface area contributed by atoms with Crippen molar-refractivity contribution in [2.24, 2.45) is 5.92 Å². The minimum absolute atomic E-state index is 0.0813. The van der Waals surface area contributed by atoms with Crippen LogP contribution >= 0.6 is 0 Å². The van der Waals surface area contributed by atoms with Crippen LogP contribution < -0.4 is 10.1 Å². The standard InChI is InChI=1S/C23H24F3N5O3/c24-23(25,26)16-1-2-18(20(11-16)34-14-33)21-17-3-6-27-13-19(17)22(30-29-21)28-12-15-4-7-31(8-5-15)9-10-32/h1-3,6,11,13-15,32H,4-5,7-10,12H2,(H,28,30). The zero-order valence-electron chi connectivity index (χ0n) is 18.3. The highest BCUT2D eigenvalue weighted by molar-refractivity contribution is 6.00. The Morgan fingerprint density at radius 1 is 1.18 bits per heavy atom. The zero-order valence-corrected chi connectivity index (χ0v) is 18.3. The normalized spacial score (nSPS) is 15.4. The molecule has 0 atom stereocenters. The summed E-state index contributed by atoms with van der Waals surface area (Å²) < 4.78 is 44.3. The van der Waals surface area contributed by atoms with Gasteiger partial charge in [-0.2, -0.15) is 13.2 Å². The van der Waals surface area contributed by atoms with Crippen LogP contribution in [0.2, 0.25) is 0 Å². The molecule has 0 bridgehead atoms. The Morgan fingerprint density at radius 3 is 2.68 bits per heavy atom. The van der Waals surface area contributed by atoms with Crippen molar-refractivity contribution in [2.75, 3.05) is 38.1 Å². The summed E-state index contributed by atoms with van der Waals surface area (Å²) in [5.41, 5.74) is -0.437. The van der Waals surface area contributed by atoms with Crippen molar-refractivity contribution in [3.05, 3.63) is 42.2 Å². The maximum absolute atomic E-state index is 13.1. The fourth-order valence-electron chi connectivity index (χ4n) is 4.17. The van der Waals surface area contributed by atoms with E-state index in [1.54, 1.807) is 18.5 Å². The smallest absolute Gasteiger partial charge is 0.416 e. The van der Waals surface area contributed by atoms with E-state index in [-0.39, 0.29) is 30.1 Å². The number of ether oxygens (including phenoxy) is 1. The number of anilines is 1. The molecule has 1 aliphatic heterocycles. The highest BCUT2D eigenvalue weighted by Gasteiger charge is 2.32. The Bertz CT molecular complexity index is 1150. The first-order valence-electron chi connectivity index (χ1n) is 10.9. The predicted molar refractivity (Wildman–Crippen MR) is 119 cm³/mol. The molecule has 34 heavy (non-hydrogen) atoms. The molecule has 180 valence electrons. The highest BCUT2D eigenvalue weighted by Crippen LogP contribution is 2.39. The van der Waals surface area contributed by atoms with Crippen molar-refractivity contribution < 1.29 is 27.8 Å². The van der Waals surface area contributed by atoms with Crippen LogP contribution in [0.1, 0.15) is 18.4 Å². The number of rotatable bonds is 8. The van der Waals surface area contributed by atoms with E-state index in [9.17, 15) is 18.0 Å². The van der Waals surface area contributed by atoms with Crippen LogP contribution in [0.3, 0.4) is 0 Å². The first-order chi connectivity index (χ1) is 16.4. The summed E-state index contributed by atoms with van der Waals surface area (Å²) in [5.74, 6) is 0.702. The monoisotopic (exact) mass is 475 g/mol. The molecule has 0 saturated carbocycles. The number of β-amino-alcohol motifs (C(OH)–C–C–N with tert-alkyl or cyclic N) is 1. The number of aliphatic hydroxyl groups is 1. The summed E-state index contributed by atoms with van der Waals surface area (Å²) in [7, 11) is 0. The molecule has 1 aliphatic rings. The summed E-state index contributed by atoms with van der Waals surface area (Å²) >= 11 is 0. The number of nitrogens with zero attached hydrogens (tertiary/aromatic N) is 4. The van der Waals surface area contributed by atoms with Crippen LogP contribution in [0.15, 0.2) is 36.7 Å². The summed E-state index contributed by atoms with van der Waals surface area (Å²) in [5, 5.41) is 22.2. The number of fused-ring (bicyclic) bond motifs is 1. The van der Waals surface area contributed by atoms with Crippen LogP contribution in [-0.4, -0.2) is 64.4 Å². The number of carbonyl (C=O) groups is 1. The molecule has 0 spiro atoms. The Kier molecular flexibility index (Phi) is 7.23. The number of hydrogen-bond acceptors (Lipinski definition) is 8. The SMILES string of the molecule is O=COc1cc(C(F)(F)F)ccc1-c1nnc(NCC2CCN(CCO)CC2)c2cnccc12. The van der Waals surface area contributed by atoms with Crippen LogP contribution in [-0.2, 0) is 11.0 Å². The van der Waals surface area contributed by atoms with Crippen molar-refractivity contribution in [1.82, 2.24) is 20.1 Å². The van der Waals surface area contributed by atoms with Crippen LogP contribution in [0.25, 0.3) is 22.0 Å². The second kappa shape index (κ2) is 10.3. The van der Waals surface area contributed by atoms with Gasteiger partial charge in [0.05, 0.1) is 12.2 Å². The largest absolute Gasteiger partial charge is 0.428 e. The van der Waals surface area contributed by atoms with Gasteiger partial charge in [0.15, 0.2) is 5.82 Å². The fraction of sp³-hybridized carbons (Fsp3) is 0.391. The third kappa shape index (κ3) is 5.26. The lowest BCUT2D eigenvalue weighted by Gasteiger charge is -2.31. The maximum Gasteiger partial charge on any atom is 0.416 e. The Hall–Kier alpha value is -3.31. The third-order valence-electron chi connectivity index (χ3n) is 6.00. The molecular formula is C23H24F3N5O3. The molecule has 3 aromatic rings. The molecule has 1 fully saturated rings. The zero-order chi connectivity index (χ0) is 24.1. The summed E-state index contributed by atoms with van der Waals surface area (Å²) in [6.07, 6.45) is 0.570. The summed E-state index contributed by atoms with van der Waals surface area (Å²) in [6, 6.07) is 4.60. The van der Waals surface area contributed by atoms with E-state index in [0.29, 0.717) is 35.6 Å². The molecule has 2 N–H and O–H groups in total. The number of carbonyl (C=O) groups excluding carboxylic acids is 1. The van der Waals surface area contributed by atoms with Gasteiger partial charge < -0.3 is 20.1 Å². The first-order valence-corrected chi connectivity index (χ1v) is 10.9. The quantitative estimate of drug-likeness (QED) is 0.479. The molecule has 0 unspecified atom stereocenters. The second-order valence-corrected chi connectivity index (χ2v) is 8.13. The van der Waals surface area contributed by atoms with E-state index in [0.717, 1.165) is 38.1 Å². The van der Waals surface area contributed by atoms with Crippen LogP contribution in [0.5, 0.6) is 5.75 Å². The number of benzene rings is 1. The van der Waals surface area contributed by atoms with E-state index in [2.05, 4.69) is 25.4 Å². The molecule has 0 radical (unpaired) electrons. The van der Waals surface area contributed by atoms with Crippen LogP contribution in [0, 0.1) is 5.92 Å². The fourth-order valence-corrected chi connectivity index (χ4v) is 4.17. The lowest BCUT2D eigenvalue weighted by molar-refractivity contribution is -0.138. The van der Waals surface area contributed by atoms with Gasteiger partial charge in [0.1, 0.15) is 11.4 Å². The van der Waals surface area contributed by atoms with Gasteiger partial charge in [-0.15, -0.1) is 10.2 Å². The van der Waals surface area contributed by atoms with E-state index < -0.39 is 11.7 Å². The number of pyridine rings is 1. The number of aromatic nitrogens is 3. The lowest BCUT2D eigenvalue weighted by atomic mass is 9.96. The average Bonchev–Trinajstić information content (AvgIpc) is 2.83. The van der Waals surface area contributed by atoms with Crippen molar-refractivity contribution in [2.45, 2.75) is 19.0 Å². The number of nitrogens with one attached hydrogen (secondary N) is 1. The molecule has 0 amide bonds. The van der Waals surface area contributed by atoms with Gasteiger partial charge in [-0.25, -0.2) is 0 Å². The van der Waals surface area contributed by atoms with Crippen molar-refractivity contribution in [3.63, 3.8) is 0 Å². The third-order valence-corrected chi connectivity index (χ3v) is 6.00. The second-order valence-electron chi connectivity index (χ2n) is 8.13. The minimum atomic E-state index is -4.58. The van der Waals surface area contributed by atoms with Crippen molar-refractivity contribution in [1.29, 1.82) is 0 Å². The molecule has 8 nitrogen and oxygen atoms in total. The molecule has 1 saturated heterocycles. The first kappa shape index (κ1) is 23.8. The van der Waals surface area contributed by atoms with E-state index in [4.69, 9.17) is 9.84 Å². The van der Waals surface area contributed by atoms with Crippen molar-refractivity contribution in [3.8, 4) is 17.0 Å². The topological polar surface area (TPSA) is 100 Å². The van der Waals surface area contributed by atoms with E-state index >= 15 is 0 Å². The van der Waals surface area contributed by atoms with Gasteiger partial charge in [0, 0.05) is 41.8 Å². The molecule has 1 aromatic carbocycles. The molecular weight excluding hydrogens is 451 g/mol. The number of halogens is 3. The van der Waals surface area contributed by atoms with Gasteiger partial charge in [-0.1, -0.05) is 0 Å². The van der Waals surface area contributed by atoms with Crippen molar-refractivity contribution >= 4 is 23.1 Å². The number of hydrogen-bond donors (Lipinski definition) is 2. The number of aliphatic hydroxyl groups excluding tert-OH is 1. The Labute approximate surface area is 193 Å². The molecule has 4 rings (SSSR count). The van der Waals surface area contributed by atoms with Gasteiger partial charge in [0.2, 0.25) is 0 Å². The average molecular weight is 475 g/mol. The molecule has 3 heterocycles. The van der Waals surface area contributed by atoms with Gasteiger partial charge in [-0.3, -0.25) is 9.78 Å². The molecule has 11 heteroatoms. The predicted octanol–water partition coefficient (Wildman–Crippen LogP) is 3.36. The molecule has 2 aromatic heterocycles. The number of piperidine rings is 1. The van der Waals surface area contributed by atoms with E-state index in [1.807, 2.05) is 0 Å². The lowest BCUT2D eigenvalue weighted by Crippen LogP contribution is -2.37. The van der Waals surface area contributed by atoms with Gasteiger partial charge in [-0.05, 0) is 56.1 Å². The molecule has 0 aliphatic carbocycles. The van der Waals surface area contributed by atoms with E-state index in [1.165, 1.54) is 6.07 Å². The van der Waals surface area contributed by atoms with Gasteiger partial charge in [0.25, 0.3) is 6.47 Å². The maximum atomic E-state index is 13.1. The minimum Gasteiger partial charge on any atom is -0.428 e. The summed E-state index contributed by atoms with van der Waals surface area (Å²) in [4.78, 5) is 17.3.